The van der Waals surface area contributed by atoms with Gasteiger partial charge in [0, 0.05) is 44.0 Å². The number of aliphatic carboxylic acids is 1. The van der Waals surface area contributed by atoms with E-state index in [2.05, 4.69) is 26.2 Å². The maximum Gasteiger partial charge on any atom is 0.452 e. The zero-order valence-electron chi connectivity index (χ0n) is 24.6. The summed E-state index contributed by atoms with van der Waals surface area (Å²) >= 11 is 0. The van der Waals surface area contributed by atoms with Gasteiger partial charge in [0.1, 0.15) is 22.9 Å². The van der Waals surface area contributed by atoms with E-state index in [1.807, 2.05) is 29.4 Å². The Hall–Kier alpha value is -4.35. The Kier molecular flexibility index (Phi) is 8.09. The van der Waals surface area contributed by atoms with Gasteiger partial charge >= 0.3 is 12.1 Å². The summed E-state index contributed by atoms with van der Waals surface area (Å²) in [6.07, 6.45) is 0.677. The molecule has 5 heterocycles. The predicted molar refractivity (Wildman–Crippen MR) is 159 cm³/mol. The molecule has 0 amide bonds. The SMILES string of the molecule is Cc1ccc([C@H](CC(=O)O)c2ccn3c(C(F)(F)F)nnc3c2C)cc1CN1CC2CCCCN2c2ncc(C#N)cc2S1=O. The molecule has 234 valence electrons. The van der Waals surface area contributed by atoms with Crippen molar-refractivity contribution in [3.63, 3.8) is 0 Å². The highest BCUT2D eigenvalue weighted by molar-refractivity contribution is 7.82. The van der Waals surface area contributed by atoms with Crippen LogP contribution in [0.25, 0.3) is 5.65 Å². The van der Waals surface area contributed by atoms with Crippen molar-refractivity contribution in [3.05, 3.63) is 81.9 Å². The number of rotatable bonds is 6. The molecule has 2 aliphatic rings. The summed E-state index contributed by atoms with van der Waals surface area (Å²) in [5.74, 6) is -2.27. The number of piperidine rings is 1. The number of aryl methyl sites for hydroxylation is 2. The number of fused-ring (bicyclic) bond motifs is 4. The summed E-state index contributed by atoms with van der Waals surface area (Å²) in [6, 6.07) is 10.9. The van der Waals surface area contributed by atoms with Crippen molar-refractivity contribution in [1.29, 1.82) is 5.26 Å². The summed E-state index contributed by atoms with van der Waals surface area (Å²) in [7, 11) is -1.62. The normalized spacial score (nSPS) is 19.4. The van der Waals surface area contributed by atoms with Gasteiger partial charge in [-0.05, 0) is 73.1 Å². The van der Waals surface area contributed by atoms with Gasteiger partial charge in [-0.15, -0.1) is 10.2 Å². The lowest BCUT2D eigenvalue weighted by Crippen LogP contribution is -2.45. The minimum absolute atomic E-state index is 0.00330. The zero-order chi connectivity index (χ0) is 32.0. The number of aromatic nitrogens is 4. The van der Waals surface area contributed by atoms with E-state index < -0.39 is 34.9 Å². The lowest BCUT2D eigenvalue weighted by Gasteiger charge is -2.36. The van der Waals surface area contributed by atoms with E-state index in [9.17, 15) is 32.5 Å². The summed E-state index contributed by atoms with van der Waals surface area (Å²) in [6.45, 7) is 5.13. The molecule has 3 atom stereocenters. The van der Waals surface area contributed by atoms with E-state index in [4.69, 9.17) is 0 Å². The number of carbonyl (C=O) groups is 1. The minimum atomic E-state index is -4.70. The molecule has 0 aliphatic carbocycles. The number of nitrogens with zero attached hydrogens (tertiary/aromatic N) is 7. The van der Waals surface area contributed by atoms with Gasteiger partial charge in [-0.3, -0.25) is 9.20 Å². The molecular weight excluding hydrogens is 607 g/mol. The fraction of sp³-hybridized carbons (Fsp3) is 0.387. The second-order valence-electron chi connectivity index (χ2n) is 11.5. The molecule has 6 rings (SSSR count). The maximum atomic E-state index is 14.1. The molecule has 0 saturated carbocycles. The lowest BCUT2D eigenvalue weighted by molar-refractivity contribution is -0.145. The number of halogens is 3. The van der Waals surface area contributed by atoms with Crippen molar-refractivity contribution in [2.45, 2.75) is 69.1 Å². The Balaban J connectivity index is 1.38. The molecule has 10 nitrogen and oxygen atoms in total. The van der Waals surface area contributed by atoms with Crippen LogP contribution in [0.15, 0.2) is 47.6 Å². The fourth-order valence-electron chi connectivity index (χ4n) is 6.40. The van der Waals surface area contributed by atoms with Crippen LogP contribution in [0.1, 0.15) is 70.8 Å². The molecule has 1 saturated heterocycles. The molecular formula is C31H30F3N7O3S. The highest BCUT2D eigenvalue weighted by Gasteiger charge is 2.38. The number of anilines is 1. The van der Waals surface area contributed by atoms with Crippen LogP contribution < -0.4 is 4.90 Å². The predicted octanol–water partition coefficient (Wildman–Crippen LogP) is 5.14. The fourth-order valence-corrected chi connectivity index (χ4v) is 7.79. The van der Waals surface area contributed by atoms with E-state index in [1.165, 1.54) is 18.5 Å². The molecule has 1 N–H and O–H groups in total. The van der Waals surface area contributed by atoms with Crippen LogP contribution in [0.2, 0.25) is 0 Å². The van der Waals surface area contributed by atoms with Gasteiger partial charge in [-0.1, -0.05) is 18.2 Å². The molecule has 0 spiro atoms. The van der Waals surface area contributed by atoms with Crippen LogP contribution in [0.3, 0.4) is 0 Å². The number of pyridine rings is 2. The second-order valence-corrected chi connectivity index (χ2v) is 13.0. The highest BCUT2D eigenvalue weighted by Crippen LogP contribution is 2.37. The Labute approximate surface area is 259 Å². The summed E-state index contributed by atoms with van der Waals surface area (Å²) in [5, 5.41) is 26.5. The summed E-state index contributed by atoms with van der Waals surface area (Å²) < 4.78 is 57.2. The van der Waals surface area contributed by atoms with Gasteiger partial charge in [0.05, 0.1) is 16.9 Å². The minimum Gasteiger partial charge on any atom is -0.481 e. The molecule has 4 aromatic rings. The molecule has 2 unspecified atom stereocenters. The maximum absolute atomic E-state index is 14.1. The van der Waals surface area contributed by atoms with E-state index in [-0.39, 0.29) is 18.1 Å². The number of carboxylic acids is 1. The Morgan fingerprint density at radius 1 is 1.20 bits per heavy atom. The van der Waals surface area contributed by atoms with E-state index in [0.717, 1.165) is 41.3 Å². The van der Waals surface area contributed by atoms with Crippen LogP contribution in [0, 0.1) is 25.2 Å². The zero-order valence-corrected chi connectivity index (χ0v) is 25.4. The smallest absolute Gasteiger partial charge is 0.452 e. The first kappa shape index (κ1) is 30.7. The number of hydrogen-bond donors (Lipinski definition) is 1. The largest absolute Gasteiger partial charge is 0.481 e. The van der Waals surface area contributed by atoms with Crippen molar-refractivity contribution >= 4 is 28.4 Å². The van der Waals surface area contributed by atoms with Crippen LogP contribution in [-0.2, 0) is 28.5 Å². The summed E-state index contributed by atoms with van der Waals surface area (Å²) in [5.41, 5.74) is 3.68. The first-order chi connectivity index (χ1) is 21.5. The molecule has 45 heavy (non-hydrogen) atoms. The second kappa shape index (κ2) is 11.9. The van der Waals surface area contributed by atoms with Crippen molar-refractivity contribution in [2.24, 2.45) is 0 Å². The van der Waals surface area contributed by atoms with Crippen molar-refractivity contribution < 1.29 is 27.3 Å². The van der Waals surface area contributed by atoms with Crippen molar-refractivity contribution in [2.75, 3.05) is 18.0 Å². The highest BCUT2D eigenvalue weighted by atomic mass is 32.2. The van der Waals surface area contributed by atoms with Crippen molar-refractivity contribution in [1.82, 2.24) is 23.9 Å². The first-order valence-electron chi connectivity index (χ1n) is 14.5. The van der Waals surface area contributed by atoms with Crippen LogP contribution in [-0.4, -0.2) is 58.3 Å². The average Bonchev–Trinajstić information content (AvgIpc) is 3.42. The number of nitriles is 1. The first-order valence-corrected chi connectivity index (χ1v) is 15.6. The van der Waals surface area contributed by atoms with E-state index >= 15 is 0 Å². The molecule has 1 aromatic carbocycles. The standard InChI is InChI=1S/C31H30F3N7O3S/c1-18-6-7-21(25(13-27(42)43)24-8-10-41-28(19(24)2)37-38-30(41)31(32,33)34)12-22(18)16-39-17-23-5-3-4-9-40(23)29-26(45(39)44)11-20(14-35)15-36-29/h6-8,10-12,15,23,25H,3-5,9,13,16-17H2,1-2H3,(H,42,43)/t23?,25-,45?/m0/s1. The van der Waals surface area contributed by atoms with Gasteiger partial charge in [-0.25, -0.2) is 13.5 Å². The monoisotopic (exact) mass is 637 g/mol. The Bertz CT molecular complexity index is 1870. The van der Waals surface area contributed by atoms with Crippen LogP contribution >= 0.6 is 0 Å². The summed E-state index contributed by atoms with van der Waals surface area (Å²) in [4.78, 5) is 19.3. The third-order valence-corrected chi connectivity index (χ3v) is 10.1. The van der Waals surface area contributed by atoms with Crippen LogP contribution in [0.5, 0.6) is 0 Å². The Morgan fingerprint density at radius 3 is 2.73 bits per heavy atom. The van der Waals surface area contributed by atoms with E-state index in [1.54, 1.807) is 13.0 Å². The Morgan fingerprint density at radius 2 is 2.00 bits per heavy atom. The number of alkyl halides is 3. The molecule has 3 aromatic heterocycles. The third-order valence-electron chi connectivity index (χ3n) is 8.70. The molecule has 2 aliphatic heterocycles. The van der Waals surface area contributed by atoms with E-state index in [0.29, 0.717) is 46.1 Å². The molecule has 14 heteroatoms. The number of benzene rings is 1. The van der Waals surface area contributed by atoms with Gasteiger partial charge in [0.2, 0.25) is 5.82 Å². The topological polar surface area (TPSA) is 128 Å². The van der Waals surface area contributed by atoms with Crippen molar-refractivity contribution in [3.8, 4) is 6.07 Å². The molecule has 0 bridgehead atoms. The molecule has 0 radical (unpaired) electrons. The quantitative estimate of drug-likeness (QED) is 0.308. The number of hydrogen-bond acceptors (Lipinski definition) is 7. The van der Waals surface area contributed by atoms with Gasteiger partial charge < -0.3 is 10.0 Å². The lowest BCUT2D eigenvalue weighted by atomic mass is 9.85. The van der Waals surface area contributed by atoms with Gasteiger partial charge in [0.25, 0.3) is 0 Å². The average molecular weight is 638 g/mol. The third kappa shape index (κ3) is 5.78. The van der Waals surface area contributed by atoms with Gasteiger partial charge in [0.15, 0.2) is 5.65 Å². The molecule has 1 fully saturated rings. The van der Waals surface area contributed by atoms with Crippen LogP contribution in [0.4, 0.5) is 19.0 Å². The van der Waals surface area contributed by atoms with Gasteiger partial charge in [-0.2, -0.15) is 18.4 Å². The number of carboxylic acid groups (broad SMARTS) is 1.